The molecule has 5 N–H and O–H groups in total. The van der Waals surface area contributed by atoms with Crippen molar-refractivity contribution in [2.75, 3.05) is 10.6 Å². The number of hydrogen-bond acceptors (Lipinski definition) is 6. The highest BCUT2D eigenvalue weighted by Crippen LogP contribution is 2.27. The summed E-state index contributed by atoms with van der Waals surface area (Å²) in [6, 6.07) is 17.4. The molecule has 0 aliphatic heterocycles. The third-order valence-corrected chi connectivity index (χ3v) is 5.34. The lowest BCUT2D eigenvalue weighted by Gasteiger charge is -2.28. The highest BCUT2D eigenvalue weighted by atomic mass is 32.1. The van der Waals surface area contributed by atoms with Gasteiger partial charge in [-0.05, 0) is 36.2 Å². The van der Waals surface area contributed by atoms with Crippen LogP contribution in [0.4, 0.5) is 11.4 Å². The van der Waals surface area contributed by atoms with Gasteiger partial charge >= 0.3 is 0 Å². The Balaban J connectivity index is 1.88. The van der Waals surface area contributed by atoms with E-state index in [1.165, 1.54) is 4.90 Å². The molecule has 0 spiro atoms. The Morgan fingerprint density at radius 1 is 1.07 bits per heavy atom. The van der Waals surface area contributed by atoms with Gasteiger partial charge in [0.1, 0.15) is 10.9 Å². The Morgan fingerprint density at radius 3 is 2.23 bits per heavy atom. The Labute approximate surface area is 177 Å². The number of para-hydroxylation sites is 1. The number of amides is 3. The number of hydrogen-bond donors (Lipinski definition) is 3. The van der Waals surface area contributed by atoms with Crippen LogP contribution >= 0.6 is 11.5 Å². The van der Waals surface area contributed by atoms with Crippen LogP contribution < -0.4 is 21.7 Å². The van der Waals surface area contributed by atoms with Crippen LogP contribution in [0.1, 0.15) is 32.6 Å². The zero-order chi connectivity index (χ0) is 21.7. The summed E-state index contributed by atoms with van der Waals surface area (Å²) in [7, 11) is 0. The molecule has 9 heteroatoms. The minimum atomic E-state index is -0.845. The second-order valence-corrected chi connectivity index (χ2v) is 7.30. The normalized spacial score (nSPS) is 11.5. The molecule has 3 amide bonds. The molecule has 0 saturated carbocycles. The first-order chi connectivity index (χ1) is 14.4. The number of anilines is 2. The number of carbonyl (C=O) groups is 3. The van der Waals surface area contributed by atoms with E-state index in [9.17, 15) is 14.4 Å². The lowest BCUT2D eigenvalue weighted by molar-refractivity contribution is -0.122. The molecule has 2 aromatic carbocycles. The van der Waals surface area contributed by atoms with Crippen LogP contribution in [0.25, 0.3) is 0 Å². The van der Waals surface area contributed by atoms with Gasteiger partial charge in [0.2, 0.25) is 5.91 Å². The van der Waals surface area contributed by atoms with Crippen molar-refractivity contribution in [1.82, 2.24) is 9.69 Å². The number of nitrogens with one attached hydrogen (secondary N) is 1. The van der Waals surface area contributed by atoms with Crippen LogP contribution in [0.15, 0.2) is 60.7 Å². The first-order valence-corrected chi connectivity index (χ1v) is 9.92. The highest BCUT2D eigenvalue weighted by Gasteiger charge is 2.32. The summed E-state index contributed by atoms with van der Waals surface area (Å²) >= 11 is 0.776. The minimum absolute atomic E-state index is 0.0513. The molecule has 3 aromatic rings. The van der Waals surface area contributed by atoms with Crippen LogP contribution in [0.3, 0.4) is 0 Å². The maximum atomic E-state index is 13.3. The molecule has 0 bridgehead atoms. The fraction of sp³-hybridized carbons (Fsp3) is 0.143. The average molecular weight is 423 g/mol. The molecule has 1 aromatic heterocycles. The van der Waals surface area contributed by atoms with Crippen molar-refractivity contribution in [2.45, 2.75) is 19.5 Å². The summed E-state index contributed by atoms with van der Waals surface area (Å²) in [5, 5.41) is 2.84. The van der Waals surface area contributed by atoms with Gasteiger partial charge in [-0.2, -0.15) is 4.37 Å². The number of primary amides is 1. The van der Waals surface area contributed by atoms with E-state index >= 15 is 0 Å². The molecule has 0 aliphatic rings. The topological polar surface area (TPSA) is 131 Å². The van der Waals surface area contributed by atoms with Gasteiger partial charge in [0.05, 0.1) is 5.69 Å². The standard InChI is InChI=1S/C21H21N5O3S/c1-13(20(28)24-12-14-8-4-2-5-9-14)26(15-10-6-3-7-11-15)21(29)18-16(22)17(19(23)27)25-30-18/h2-11,13H,12,22H2,1H3,(H2,23,27)(H,24,28)/t13-/m1/s1. The zero-order valence-corrected chi connectivity index (χ0v) is 17.1. The van der Waals surface area contributed by atoms with E-state index in [1.54, 1.807) is 37.3 Å². The molecule has 0 radical (unpaired) electrons. The average Bonchev–Trinajstić information content (AvgIpc) is 3.15. The van der Waals surface area contributed by atoms with Gasteiger partial charge in [-0.3, -0.25) is 19.3 Å². The Bertz CT molecular complexity index is 1050. The summed E-state index contributed by atoms with van der Waals surface area (Å²) in [4.78, 5) is 39.0. The first kappa shape index (κ1) is 21.0. The lowest BCUT2D eigenvalue weighted by Crippen LogP contribution is -2.48. The SMILES string of the molecule is C[C@H](C(=O)NCc1ccccc1)N(C(=O)c1snc(C(N)=O)c1N)c1ccccc1. The van der Waals surface area contributed by atoms with E-state index < -0.39 is 17.9 Å². The highest BCUT2D eigenvalue weighted by molar-refractivity contribution is 7.09. The molecule has 1 atom stereocenters. The fourth-order valence-electron chi connectivity index (χ4n) is 2.89. The van der Waals surface area contributed by atoms with Gasteiger partial charge < -0.3 is 16.8 Å². The van der Waals surface area contributed by atoms with Gasteiger partial charge in [-0.15, -0.1) is 0 Å². The third kappa shape index (κ3) is 4.47. The molecule has 30 heavy (non-hydrogen) atoms. The van der Waals surface area contributed by atoms with Crippen molar-refractivity contribution in [2.24, 2.45) is 5.73 Å². The number of carbonyl (C=O) groups excluding carboxylic acids is 3. The van der Waals surface area contributed by atoms with E-state index in [-0.39, 0.29) is 22.2 Å². The Morgan fingerprint density at radius 2 is 1.67 bits per heavy atom. The zero-order valence-electron chi connectivity index (χ0n) is 16.2. The molecular formula is C21H21N5O3S. The number of nitrogen functional groups attached to an aromatic ring is 1. The number of benzene rings is 2. The van der Waals surface area contributed by atoms with Gasteiger partial charge in [-0.1, -0.05) is 48.5 Å². The van der Waals surface area contributed by atoms with Crippen molar-refractivity contribution in [3.8, 4) is 0 Å². The second kappa shape index (κ2) is 9.19. The molecule has 0 aliphatic carbocycles. The summed E-state index contributed by atoms with van der Waals surface area (Å²) < 4.78 is 3.89. The largest absolute Gasteiger partial charge is 0.395 e. The second-order valence-electron chi connectivity index (χ2n) is 6.53. The lowest BCUT2D eigenvalue weighted by atomic mass is 10.1. The van der Waals surface area contributed by atoms with Gasteiger partial charge in [0, 0.05) is 12.2 Å². The number of rotatable bonds is 7. The predicted molar refractivity (Wildman–Crippen MR) is 116 cm³/mol. The molecule has 0 fully saturated rings. The predicted octanol–water partition coefficient (Wildman–Crippen LogP) is 2.18. The van der Waals surface area contributed by atoms with E-state index in [1.807, 2.05) is 30.3 Å². The monoisotopic (exact) mass is 423 g/mol. The molecule has 0 saturated heterocycles. The summed E-state index contributed by atoms with van der Waals surface area (Å²) in [5.41, 5.74) is 12.4. The van der Waals surface area contributed by atoms with Crippen LogP contribution in [0.2, 0.25) is 0 Å². The van der Waals surface area contributed by atoms with Crippen molar-refractivity contribution in [1.29, 1.82) is 0 Å². The number of aromatic nitrogens is 1. The van der Waals surface area contributed by atoms with E-state index in [0.29, 0.717) is 12.2 Å². The maximum Gasteiger partial charge on any atom is 0.272 e. The molecule has 1 heterocycles. The smallest absolute Gasteiger partial charge is 0.272 e. The minimum Gasteiger partial charge on any atom is -0.395 e. The molecule has 0 unspecified atom stereocenters. The molecule has 3 rings (SSSR count). The maximum absolute atomic E-state index is 13.3. The van der Waals surface area contributed by atoms with Gasteiger partial charge in [0.25, 0.3) is 11.8 Å². The van der Waals surface area contributed by atoms with E-state index in [0.717, 1.165) is 17.1 Å². The quantitative estimate of drug-likeness (QED) is 0.536. The van der Waals surface area contributed by atoms with Crippen LogP contribution in [0, 0.1) is 0 Å². The van der Waals surface area contributed by atoms with Crippen molar-refractivity contribution < 1.29 is 14.4 Å². The van der Waals surface area contributed by atoms with Crippen LogP contribution in [-0.2, 0) is 11.3 Å². The number of nitrogens with two attached hydrogens (primary N) is 2. The summed E-state index contributed by atoms with van der Waals surface area (Å²) in [5.74, 6) is -1.69. The van der Waals surface area contributed by atoms with Crippen molar-refractivity contribution >= 4 is 40.6 Å². The number of nitrogens with zero attached hydrogens (tertiary/aromatic N) is 2. The fourth-order valence-corrected chi connectivity index (χ4v) is 3.64. The van der Waals surface area contributed by atoms with E-state index in [2.05, 4.69) is 9.69 Å². The summed E-state index contributed by atoms with van der Waals surface area (Å²) in [6.07, 6.45) is 0. The van der Waals surface area contributed by atoms with Gasteiger partial charge in [0.15, 0.2) is 5.69 Å². The molecular weight excluding hydrogens is 402 g/mol. The molecule has 154 valence electrons. The Hall–Kier alpha value is -3.72. The Kier molecular flexibility index (Phi) is 6.43. The molecule has 8 nitrogen and oxygen atoms in total. The van der Waals surface area contributed by atoms with Crippen LogP contribution in [-0.4, -0.2) is 28.1 Å². The van der Waals surface area contributed by atoms with Crippen LogP contribution in [0.5, 0.6) is 0 Å². The summed E-state index contributed by atoms with van der Waals surface area (Å²) in [6.45, 7) is 1.95. The van der Waals surface area contributed by atoms with Crippen molar-refractivity contribution in [3.05, 3.63) is 76.8 Å². The third-order valence-electron chi connectivity index (χ3n) is 4.49. The van der Waals surface area contributed by atoms with E-state index in [4.69, 9.17) is 11.5 Å². The first-order valence-electron chi connectivity index (χ1n) is 9.15. The van der Waals surface area contributed by atoms with Crippen molar-refractivity contribution in [3.63, 3.8) is 0 Å². The van der Waals surface area contributed by atoms with Gasteiger partial charge in [-0.25, -0.2) is 0 Å².